The molecule has 122 valence electrons. The van der Waals surface area contributed by atoms with Gasteiger partial charge in [0.2, 0.25) is 5.91 Å². The molecular formula is C15H17ClN4O3. The fourth-order valence-electron chi connectivity index (χ4n) is 2.42. The van der Waals surface area contributed by atoms with E-state index in [1.165, 1.54) is 0 Å². The van der Waals surface area contributed by atoms with Gasteiger partial charge in [0.1, 0.15) is 0 Å². The molecular weight excluding hydrogens is 320 g/mol. The third-order valence-electron chi connectivity index (χ3n) is 3.70. The summed E-state index contributed by atoms with van der Waals surface area (Å²) in [7, 11) is 0. The van der Waals surface area contributed by atoms with Gasteiger partial charge in [-0.25, -0.2) is 0 Å². The van der Waals surface area contributed by atoms with Gasteiger partial charge in [-0.2, -0.15) is 4.98 Å². The van der Waals surface area contributed by atoms with Gasteiger partial charge in [-0.05, 0) is 37.6 Å². The maximum absolute atomic E-state index is 12.1. The summed E-state index contributed by atoms with van der Waals surface area (Å²) in [4.78, 5) is 16.4. The molecule has 8 heteroatoms. The lowest BCUT2D eigenvalue weighted by Crippen LogP contribution is -2.41. The van der Waals surface area contributed by atoms with E-state index in [9.17, 15) is 9.90 Å². The van der Waals surface area contributed by atoms with Crippen LogP contribution < -0.4 is 10.6 Å². The monoisotopic (exact) mass is 336 g/mol. The second kappa shape index (κ2) is 6.66. The van der Waals surface area contributed by atoms with Gasteiger partial charge in [0.25, 0.3) is 5.89 Å². The van der Waals surface area contributed by atoms with E-state index in [1.54, 1.807) is 31.2 Å². The summed E-state index contributed by atoms with van der Waals surface area (Å²) in [6, 6.07) is 6.26. The summed E-state index contributed by atoms with van der Waals surface area (Å²) in [6.07, 6.45) is -0.0800. The van der Waals surface area contributed by atoms with Crippen LogP contribution in [0.3, 0.4) is 0 Å². The van der Waals surface area contributed by atoms with Crippen molar-refractivity contribution in [2.75, 3.05) is 6.54 Å². The van der Waals surface area contributed by atoms with Crippen molar-refractivity contribution >= 4 is 17.5 Å². The molecule has 2 heterocycles. The van der Waals surface area contributed by atoms with Crippen molar-refractivity contribution in [1.29, 1.82) is 0 Å². The Morgan fingerprint density at radius 3 is 2.87 bits per heavy atom. The zero-order valence-electron chi connectivity index (χ0n) is 12.5. The molecule has 0 aliphatic carbocycles. The van der Waals surface area contributed by atoms with E-state index in [4.69, 9.17) is 16.1 Å². The Hall–Kier alpha value is -1.96. The number of rotatable bonds is 4. The molecule has 3 rings (SSSR count). The largest absolute Gasteiger partial charge is 0.392 e. The minimum absolute atomic E-state index is 0.188. The molecule has 2 aromatic rings. The van der Waals surface area contributed by atoms with Crippen LogP contribution in [0.25, 0.3) is 11.5 Å². The molecule has 3 N–H and O–H groups in total. The lowest BCUT2D eigenvalue weighted by Gasteiger charge is -2.14. The number of hydrogen-bond donors (Lipinski definition) is 3. The van der Waals surface area contributed by atoms with Crippen LogP contribution in [0.4, 0.5) is 0 Å². The number of carbonyl (C=O) groups is 1. The van der Waals surface area contributed by atoms with Gasteiger partial charge in [-0.3, -0.25) is 4.79 Å². The third kappa shape index (κ3) is 3.69. The molecule has 3 unspecified atom stereocenters. The van der Waals surface area contributed by atoms with E-state index in [2.05, 4.69) is 20.8 Å². The lowest BCUT2D eigenvalue weighted by atomic mass is 10.2. The molecule has 1 aromatic carbocycles. The summed E-state index contributed by atoms with van der Waals surface area (Å²) < 4.78 is 5.22. The normalized spacial score (nSPS) is 22.0. The molecule has 3 atom stereocenters. The lowest BCUT2D eigenvalue weighted by molar-refractivity contribution is -0.123. The van der Waals surface area contributed by atoms with Crippen LogP contribution in [0.2, 0.25) is 5.02 Å². The van der Waals surface area contributed by atoms with Crippen molar-refractivity contribution < 1.29 is 14.4 Å². The molecule has 1 amide bonds. The molecule has 1 aromatic heterocycles. The van der Waals surface area contributed by atoms with Gasteiger partial charge in [0.15, 0.2) is 5.82 Å². The van der Waals surface area contributed by atoms with Gasteiger partial charge in [0, 0.05) is 17.1 Å². The Morgan fingerprint density at radius 2 is 2.22 bits per heavy atom. The standard InChI is InChI=1S/C15H17ClN4O3/c1-8(18-14(22)12-6-11(21)7-17-12)13-19-15(23-20-13)9-2-4-10(16)5-3-9/h2-5,8,11-12,17,21H,6-7H2,1H3,(H,18,22). The van der Waals surface area contributed by atoms with Crippen molar-refractivity contribution in [3.63, 3.8) is 0 Å². The predicted molar refractivity (Wildman–Crippen MR) is 83.7 cm³/mol. The zero-order chi connectivity index (χ0) is 16.4. The highest BCUT2D eigenvalue weighted by Crippen LogP contribution is 2.21. The van der Waals surface area contributed by atoms with E-state index in [1.807, 2.05) is 0 Å². The highest BCUT2D eigenvalue weighted by molar-refractivity contribution is 6.30. The van der Waals surface area contributed by atoms with Crippen LogP contribution in [-0.2, 0) is 4.79 Å². The molecule has 1 saturated heterocycles. The molecule has 1 fully saturated rings. The minimum Gasteiger partial charge on any atom is -0.392 e. The third-order valence-corrected chi connectivity index (χ3v) is 3.96. The summed E-state index contributed by atoms with van der Waals surface area (Å²) >= 11 is 5.85. The van der Waals surface area contributed by atoms with Crippen LogP contribution in [0.15, 0.2) is 28.8 Å². The van der Waals surface area contributed by atoms with E-state index in [0.717, 1.165) is 5.56 Å². The number of β-amino-alcohol motifs (C(OH)–C–C–N with tert-alkyl or cyclic N) is 1. The first-order valence-corrected chi connectivity index (χ1v) is 7.72. The summed E-state index contributed by atoms with van der Waals surface area (Å²) in [5.41, 5.74) is 0.757. The number of nitrogens with zero attached hydrogens (tertiary/aromatic N) is 2. The van der Waals surface area contributed by atoms with Crippen LogP contribution in [0.5, 0.6) is 0 Å². The zero-order valence-corrected chi connectivity index (χ0v) is 13.2. The van der Waals surface area contributed by atoms with Gasteiger partial charge in [-0.15, -0.1) is 0 Å². The van der Waals surface area contributed by atoms with Crippen LogP contribution in [0, 0.1) is 0 Å². The SMILES string of the molecule is CC(NC(=O)C1CC(O)CN1)c1noc(-c2ccc(Cl)cc2)n1. The maximum atomic E-state index is 12.1. The molecule has 0 radical (unpaired) electrons. The van der Waals surface area contributed by atoms with Crippen molar-refractivity contribution in [3.05, 3.63) is 35.1 Å². The smallest absolute Gasteiger partial charge is 0.257 e. The predicted octanol–water partition coefficient (Wildman–Crippen LogP) is 1.29. The Bertz CT molecular complexity index is 688. The number of aromatic nitrogens is 2. The van der Waals surface area contributed by atoms with Crippen LogP contribution in [0.1, 0.15) is 25.2 Å². The van der Waals surface area contributed by atoms with Crippen molar-refractivity contribution in [1.82, 2.24) is 20.8 Å². The van der Waals surface area contributed by atoms with E-state index >= 15 is 0 Å². The van der Waals surface area contributed by atoms with Gasteiger partial charge in [0.05, 0.1) is 18.2 Å². The first kappa shape index (κ1) is 15.9. The minimum atomic E-state index is -0.484. The summed E-state index contributed by atoms with van der Waals surface area (Å²) in [6.45, 7) is 2.20. The highest BCUT2D eigenvalue weighted by atomic mass is 35.5. The Labute approximate surface area is 138 Å². The molecule has 7 nitrogen and oxygen atoms in total. The molecule has 1 aliphatic heterocycles. The quantitative estimate of drug-likeness (QED) is 0.778. The summed E-state index contributed by atoms with van der Waals surface area (Å²) in [5, 5.41) is 19.8. The molecule has 1 aliphatic rings. The highest BCUT2D eigenvalue weighted by Gasteiger charge is 2.29. The number of benzene rings is 1. The molecule has 0 bridgehead atoms. The number of aliphatic hydroxyl groups excluding tert-OH is 1. The summed E-state index contributed by atoms with van der Waals surface area (Å²) in [5.74, 6) is 0.570. The van der Waals surface area contributed by atoms with Crippen molar-refractivity contribution in [2.45, 2.75) is 31.5 Å². The van der Waals surface area contributed by atoms with Crippen LogP contribution in [-0.4, -0.2) is 39.8 Å². The Kier molecular flexibility index (Phi) is 4.61. The Morgan fingerprint density at radius 1 is 1.48 bits per heavy atom. The fourth-order valence-corrected chi connectivity index (χ4v) is 2.54. The molecule has 0 saturated carbocycles. The maximum Gasteiger partial charge on any atom is 0.257 e. The van der Waals surface area contributed by atoms with E-state index < -0.39 is 18.2 Å². The average Bonchev–Trinajstić information content (AvgIpc) is 3.17. The molecule has 23 heavy (non-hydrogen) atoms. The molecule has 0 spiro atoms. The number of amides is 1. The second-order valence-corrected chi connectivity index (χ2v) is 5.98. The number of nitrogens with one attached hydrogen (secondary N) is 2. The van der Waals surface area contributed by atoms with E-state index in [-0.39, 0.29) is 5.91 Å². The van der Waals surface area contributed by atoms with Gasteiger partial charge < -0.3 is 20.3 Å². The first-order chi connectivity index (χ1) is 11.0. The number of aliphatic hydroxyl groups is 1. The topological polar surface area (TPSA) is 100 Å². The van der Waals surface area contributed by atoms with Crippen molar-refractivity contribution in [3.8, 4) is 11.5 Å². The first-order valence-electron chi connectivity index (χ1n) is 7.34. The number of hydrogen-bond acceptors (Lipinski definition) is 6. The van der Waals surface area contributed by atoms with Crippen LogP contribution >= 0.6 is 11.6 Å². The number of halogens is 1. The van der Waals surface area contributed by atoms with E-state index in [0.29, 0.717) is 29.7 Å². The Balaban J connectivity index is 1.65. The number of carbonyl (C=O) groups excluding carboxylic acids is 1. The second-order valence-electron chi connectivity index (χ2n) is 5.55. The average molecular weight is 337 g/mol. The van der Waals surface area contributed by atoms with Crippen molar-refractivity contribution in [2.24, 2.45) is 0 Å². The van der Waals surface area contributed by atoms with Gasteiger partial charge in [-0.1, -0.05) is 16.8 Å². The van der Waals surface area contributed by atoms with Gasteiger partial charge >= 0.3 is 0 Å². The fraction of sp³-hybridized carbons (Fsp3) is 0.400.